The Balaban J connectivity index is 1.46. The van der Waals surface area contributed by atoms with Gasteiger partial charge in [-0.05, 0) is 50.8 Å². The van der Waals surface area contributed by atoms with E-state index in [0.29, 0.717) is 29.3 Å². The van der Waals surface area contributed by atoms with Crippen molar-refractivity contribution < 1.29 is 19.1 Å². The Labute approximate surface area is 251 Å². The van der Waals surface area contributed by atoms with Gasteiger partial charge in [-0.25, -0.2) is 4.79 Å². The molecule has 226 valence electrons. The van der Waals surface area contributed by atoms with Crippen molar-refractivity contribution in [2.75, 3.05) is 18.1 Å². The summed E-state index contributed by atoms with van der Waals surface area (Å²) in [6, 6.07) is 10.2. The molecular formula is C36H48N2O4. The molecule has 0 N–H and O–H groups in total. The summed E-state index contributed by atoms with van der Waals surface area (Å²) in [5, 5.41) is 1.70. The number of imide groups is 1. The highest BCUT2D eigenvalue weighted by Gasteiger charge is 2.38. The largest absolute Gasteiger partial charge is 0.460 e. The zero-order valence-electron chi connectivity index (χ0n) is 25.5. The Morgan fingerprint density at radius 1 is 0.810 bits per heavy atom. The fourth-order valence-corrected chi connectivity index (χ4v) is 7.33. The lowest BCUT2D eigenvalue weighted by atomic mass is 9.88. The second kappa shape index (κ2) is 14.3. The van der Waals surface area contributed by atoms with Gasteiger partial charge in [-0.2, -0.15) is 0 Å². The Kier molecular flexibility index (Phi) is 10.4. The Hall–Kier alpha value is -3.15. The molecule has 3 aliphatic rings. The van der Waals surface area contributed by atoms with E-state index in [1.54, 1.807) is 11.8 Å². The number of nitrogens with zero attached hydrogens (tertiary/aromatic N) is 2. The monoisotopic (exact) mass is 572 g/mol. The molecule has 6 nitrogen and oxygen atoms in total. The number of benzene rings is 2. The quantitative estimate of drug-likeness (QED) is 0.189. The SMILES string of the molecule is C=C(C)C(=O)OCCN(c1ccc2c3c(cccc13)C(=O)N(C1CCCCCCCCCCC1)C2=O)C1CCCCC1. The highest BCUT2D eigenvalue weighted by molar-refractivity contribution is 6.27. The van der Waals surface area contributed by atoms with Crippen LogP contribution in [0.3, 0.4) is 0 Å². The fourth-order valence-electron chi connectivity index (χ4n) is 7.33. The van der Waals surface area contributed by atoms with Gasteiger partial charge in [-0.15, -0.1) is 0 Å². The highest BCUT2D eigenvalue weighted by atomic mass is 16.5. The van der Waals surface area contributed by atoms with E-state index in [-0.39, 0.29) is 30.4 Å². The topological polar surface area (TPSA) is 66.9 Å². The average Bonchev–Trinajstić information content (AvgIpc) is 2.99. The van der Waals surface area contributed by atoms with E-state index < -0.39 is 0 Å². The lowest BCUT2D eigenvalue weighted by molar-refractivity contribution is -0.138. The lowest BCUT2D eigenvalue weighted by Gasteiger charge is -2.38. The third-order valence-corrected chi connectivity index (χ3v) is 9.59. The van der Waals surface area contributed by atoms with E-state index in [0.717, 1.165) is 55.0 Å². The first-order valence-electron chi connectivity index (χ1n) is 16.5. The van der Waals surface area contributed by atoms with Crippen LogP contribution in [0, 0.1) is 0 Å². The molecule has 0 atom stereocenters. The van der Waals surface area contributed by atoms with Gasteiger partial charge < -0.3 is 9.64 Å². The molecule has 5 rings (SSSR count). The minimum atomic E-state index is -0.376. The molecule has 1 heterocycles. The molecule has 0 unspecified atom stereocenters. The molecule has 2 aliphatic carbocycles. The van der Waals surface area contributed by atoms with E-state index in [1.165, 1.54) is 64.2 Å². The molecule has 42 heavy (non-hydrogen) atoms. The number of amides is 2. The molecule has 0 radical (unpaired) electrons. The van der Waals surface area contributed by atoms with Crippen molar-refractivity contribution >= 4 is 34.2 Å². The van der Waals surface area contributed by atoms with Crippen molar-refractivity contribution in [3.63, 3.8) is 0 Å². The Bertz CT molecular complexity index is 1260. The maximum atomic E-state index is 14.1. The molecule has 0 saturated heterocycles. The van der Waals surface area contributed by atoms with Gasteiger partial charge in [-0.3, -0.25) is 14.5 Å². The van der Waals surface area contributed by atoms with Crippen molar-refractivity contribution in [1.29, 1.82) is 0 Å². The number of rotatable bonds is 7. The molecular weight excluding hydrogens is 524 g/mol. The molecule has 0 spiro atoms. The number of esters is 1. The number of anilines is 1. The van der Waals surface area contributed by atoms with E-state index in [2.05, 4.69) is 17.5 Å². The minimum Gasteiger partial charge on any atom is -0.460 e. The molecule has 1 aliphatic heterocycles. The third-order valence-electron chi connectivity index (χ3n) is 9.59. The number of hydrogen-bond donors (Lipinski definition) is 0. The van der Waals surface area contributed by atoms with Crippen LogP contribution in [0.5, 0.6) is 0 Å². The standard InChI is InChI=1S/C36H48N2O4/c1-26(2)36(41)42-25-24-37(27-16-13-10-14-17-27)32-23-22-31-33-29(32)20-15-21-30(33)34(39)38(35(31)40)28-18-11-8-6-4-3-5-7-9-12-19-28/h15,20-23,27-28H,1,3-14,16-19,24-25H2,2H3. The van der Waals surface area contributed by atoms with Gasteiger partial charge in [-0.1, -0.05) is 95.8 Å². The normalized spacial score (nSPS) is 19.7. The van der Waals surface area contributed by atoms with Crippen LogP contribution in [0.2, 0.25) is 0 Å². The van der Waals surface area contributed by atoms with Crippen molar-refractivity contribution in [3.8, 4) is 0 Å². The van der Waals surface area contributed by atoms with Gasteiger partial charge in [0.2, 0.25) is 0 Å². The number of ether oxygens (including phenoxy) is 1. The first kappa shape index (κ1) is 30.3. The number of hydrogen-bond acceptors (Lipinski definition) is 5. The van der Waals surface area contributed by atoms with Gasteiger partial charge in [0.15, 0.2) is 0 Å². The van der Waals surface area contributed by atoms with Crippen LogP contribution in [-0.2, 0) is 9.53 Å². The van der Waals surface area contributed by atoms with Crippen molar-refractivity contribution in [3.05, 3.63) is 53.6 Å². The van der Waals surface area contributed by atoms with Gasteiger partial charge in [0, 0.05) is 45.2 Å². The zero-order chi connectivity index (χ0) is 29.5. The number of carbonyl (C=O) groups excluding carboxylic acids is 3. The summed E-state index contributed by atoms with van der Waals surface area (Å²) in [4.78, 5) is 44.3. The Morgan fingerprint density at radius 3 is 1.98 bits per heavy atom. The highest BCUT2D eigenvalue weighted by Crippen LogP contribution is 2.39. The van der Waals surface area contributed by atoms with Crippen molar-refractivity contribution in [1.82, 2.24) is 4.90 Å². The second-order valence-corrected chi connectivity index (χ2v) is 12.7. The summed E-state index contributed by atoms with van der Waals surface area (Å²) in [7, 11) is 0. The summed E-state index contributed by atoms with van der Waals surface area (Å²) in [5.74, 6) is -0.669. The summed E-state index contributed by atoms with van der Waals surface area (Å²) in [5.41, 5.74) is 2.66. The molecule has 2 saturated carbocycles. The molecule has 0 bridgehead atoms. The zero-order valence-corrected chi connectivity index (χ0v) is 25.5. The maximum Gasteiger partial charge on any atom is 0.333 e. The van der Waals surface area contributed by atoms with Crippen LogP contribution in [0.4, 0.5) is 5.69 Å². The summed E-state index contributed by atoms with van der Waals surface area (Å²) < 4.78 is 5.51. The fraction of sp³-hybridized carbons (Fsp3) is 0.583. The lowest BCUT2D eigenvalue weighted by Crippen LogP contribution is -2.47. The van der Waals surface area contributed by atoms with Crippen molar-refractivity contribution in [2.24, 2.45) is 0 Å². The van der Waals surface area contributed by atoms with Crippen molar-refractivity contribution in [2.45, 2.75) is 122 Å². The molecule has 2 aromatic carbocycles. The van der Waals surface area contributed by atoms with Gasteiger partial charge in [0.25, 0.3) is 11.8 Å². The average molecular weight is 573 g/mol. The Morgan fingerprint density at radius 2 is 1.36 bits per heavy atom. The van der Waals surface area contributed by atoms with E-state index in [4.69, 9.17) is 4.74 Å². The first-order chi connectivity index (χ1) is 20.5. The molecule has 2 amide bonds. The molecule has 0 aromatic heterocycles. The summed E-state index contributed by atoms with van der Waals surface area (Å²) in [6.45, 7) is 6.18. The van der Waals surface area contributed by atoms with Crippen LogP contribution in [0.1, 0.15) is 130 Å². The maximum absolute atomic E-state index is 14.1. The van der Waals surface area contributed by atoms with Gasteiger partial charge in [0.1, 0.15) is 6.61 Å². The predicted octanol–water partition coefficient (Wildman–Crippen LogP) is 8.37. The van der Waals surface area contributed by atoms with Crippen LogP contribution in [0.25, 0.3) is 10.8 Å². The number of carbonyl (C=O) groups is 3. The van der Waals surface area contributed by atoms with Crippen LogP contribution in [0.15, 0.2) is 42.5 Å². The minimum absolute atomic E-state index is 0.0470. The second-order valence-electron chi connectivity index (χ2n) is 12.7. The summed E-state index contributed by atoms with van der Waals surface area (Å²) >= 11 is 0. The smallest absolute Gasteiger partial charge is 0.333 e. The molecule has 2 fully saturated rings. The predicted molar refractivity (Wildman–Crippen MR) is 169 cm³/mol. The van der Waals surface area contributed by atoms with Gasteiger partial charge >= 0.3 is 5.97 Å². The van der Waals surface area contributed by atoms with Crippen LogP contribution < -0.4 is 4.90 Å². The van der Waals surface area contributed by atoms with Gasteiger partial charge in [0.05, 0.1) is 6.54 Å². The van der Waals surface area contributed by atoms with E-state index in [1.807, 2.05) is 24.3 Å². The van der Waals surface area contributed by atoms with E-state index >= 15 is 0 Å². The summed E-state index contributed by atoms with van der Waals surface area (Å²) in [6.07, 6.45) is 18.3. The third kappa shape index (κ3) is 6.74. The van der Waals surface area contributed by atoms with Crippen LogP contribution >= 0.6 is 0 Å². The van der Waals surface area contributed by atoms with E-state index in [9.17, 15) is 14.4 Å². The first-order valence-corrected chi connectivity index (χ1v) is 16.5. The molecule has 2 aromatic rings. The van der Waals surface area contributed by atoms with Crippen LogP contribution in [-0.4, -0.2) is 47.9 Å². The molecule has 6 heteroatoms.